The topological polar surface area (TPSA) is 59.2 Å². The molecular weight excluding hydrogens is 340 g/mol. The van der Waals surface area contributed by atoms with E-state index in [-0.39, 0.29) is 5.75 Å². The second-order valence-corrected chi connectivity index (χ2v) is 4.65. The summed E-state index contributed by atoms with van der Waals surface area (Å²) >= 11 is 6.59. The number of halogens is 2. The summed E-state index contributed by atoms with van der Waals surface area (Å²) in [6.45, 7) is 1.73. The Balaban J connectivity index is 2.54. The lowest BCUT2D eigenvalue weighted by atomic mass is 10.1. The van der Waals surface area contributed by atoms with Gasteiger partial charge in [0.2, 0.25) is 11.7 Å². The van der Waals surface area contributed by atoms with Crippen molar-refractivity contribution in [3.63, 3.8) is 0 Å². The van der Waals surface area contributed by atoms with Gasteiger partial charge in [0, 0.05) is 23.4 Å². The van der Waals surface area contributed by atoms with Crippen molar-refractivity contribution in [3.05, 3.63) is 28.1 Å². The van der Waals surface area contributed by atoms with Crippen molar-refractivity contribution in [3.8, 4) is 17.1 Å². The number of phenols is 1. The third kappa shape index (κ3) is 2.12. The average Bonchev–Trinajstić information content (AvgIpc) is 2.69. The standard InChI is InChI=1S/C10H8Br2N2O2/c1-5-13-10(14-16-5)6-2-7(4-11)9(15)8(12)3-6/h2-3,15H,4H2,1H3. The highest BCUT2D eigenvalue weighted by Gasteiger charge is 2.12. The lowest BCUT2D eigenvalue weighted by molar-refractivity contribution is 0.394. The summed E-state index contributed by atoms with van der Waals surface area (Å²) in [4.78, 5) is 4.13. The summed E-state index contributed by atoms with van der Waals surface area (Å²) in [5, 5.41) is 14.1. The van der Waals surface area contributed by atoms with Crippen LogP contribution in [0.15, 0.2) is 21.1 Å². The Labute approximate surface area is 109 Å². The number of benzene rings is 1. The first-order valence-electron chi connectivity index (χ1n) is 4.50. The molecular formula is C10H8Br2N2O2. The summed E-state index contributed by atoms with van der Waals surface area (Å²) in [7, 11) is 0. The van der Waals surface area contributed by atoms with Crippen molar-refractivity contribution in [1.82, 2.24) is 10.1 Å². The van der Waals surface area contributed by atoms with Gasteiger partial charge >= 0.3 is 0 Å². The highest BCUT2D eigenvalue weighted by atomic mass is 79.9. The molecule has 1 aromatic carbocycles. The zero-order valence-corrected chi connectivity index (χ0v) is 11.5. The van der Waals surface area contributed by atoms with Crippen LogP contribution in [0.4, 0.5) is 0 Å². The van der Waals surface area contributed by atoms with E-state index >= 15 is 0 Å². The lowest BCUT2D eigenvalue weighted by Gasteiger charge is -2.05. The molecule has 1 heterocycles. The van der Waals surface area contributed by atoms with E-state index < -0.39 is 0 Å². The monoisotopic (exact) mass is 346 g/mol. The Hall–Kier alpha value is -0.880. The van der Waals surface area contributed by atoms with Gasteiger partial charge in [0.1, 0.15) is 5.75 Å². The van der Waals surface area contributed by atoms with E-state index in [1.807, 2.05) is 6.07 Å². The Morgan fingerprint density at radius 1 is 1.44 bits per heavy atom. The highest BCUT2D eigenvalue weighted by Crippen LogP contribution is 2.33. The average molecular weight is 348 g/mol. The number of aromatic hydroxyl groups is 1. The van der Waals surface area contributed by atoms with E-state index in [0.29, 0.717) is 21.5 Å². The van der Waals surface area contributed by atoms with Crippen LogP contribution in [0.1, 0.15) is 11.5 Å². The van der Waals surface area contributed by atoms with Gasteiger partial charge in [-0.1, -0.05) is 21.1 Å². The number of nitrogens with zero attached hydrogens (tertiary/aromatic N) is 2. The van der Waals surface area contributed by atoms with Gasteiger partial charge in [0.05, 0.1) is 4.47 Å². The first-order valence-corrected chi connectivity index (χ1v) is 6.41. The Bertz CT molecular complexity index is 526. The van der Waals surface area contributed by atoms with Gasteiger partial charge < -0.3 is 9.63 Å². The summed E-state index contributed by atoms with van der Waals surface area (Å²) in [6, 6.07) is 3.57. The van der Waals surface area contributed by atoms with E-state index in [0.717, 1.165) is 11.1 Å². The van der Waals surface area contributed by atoms with Crippen molar-refractivity contribution >= 4 is 31.9 Å². The van der Waals surface area contributed by atoms with Crippen molar-refractivity contribution in [2.45, 2.75) is 12.3 Å². The summed E-state index contributed by atoms with van der Waals surface area (Å²) < 4.78 is 5.52. The van der Waals surface area contributed by atoms with E-state index in [4.69, 9.17) is 4.52 Å². The maximum atomic E-state index is 9.73. The molecule has 0 saturated carbocycles. The molecule has 2 aromatic rings. The molecule has 2 rings (SSSR count). The molecule has 1 aromatic heterocycles. The number of aryl methyl sites for hydroxylation is 1. The largest absolute Gasteiger partial charge is 0.506 e. The molecule has 0 aliphatic rings. The van der Waals surface area contributed by atoms with Crippen molar-refractivity contribution < 1.29 is 9.63 Å². The lowest BCUT2D eigenvalue weighted by Crippen LogP contribution is -1.86. The summed E-state index contributed by atoms with van der Waals surface area (Å²) in [5.41, 5.74) is 1.57. The molecule has 6 heteroatoms. The molecule has 0 spiro atoms. The van der Waals surface area contributed by atoms with Crippen LogP contribution >= 0.6 is 31.9 Å². The van der Waals surface area contributed by atoms with Crippen LogP contribution in [0.5, 0.6) is 5.75 Å². The molecule has 0 atom stereocenters. The van der Waals surface area contributed by atoms with E-state index in [1.54, 1.807) is 13.0 Å². The molecule has 0 bridgehead atoms. The van der Waals surface area contributed by atoms with Gasteiger partial charge in [-0.2, -0.15) is 4.98 Å². The van der Waals surface area contributed by atoms with Crippen LogP contribution in [0.3, 0.4) is 0 Å². The Morgan fingerprint density at radius 3 is 2.75 bits per heavy atom. The molecule has 0 aliphatic carbocycles. The number of rotatable bonds is 2. The van der Waals surface area contributed by atoms with Crippen LogP contribution in [-0.2, 0) is 5.33 Å². The Kier molecular flexibility index (Phi) is 3.30. The minimum absolute atomic E-state index is 0.223. The van der Waals surface area contributed by atoms with Gasteiger partial charge in [-0.05, 0) is 28.1 Å². The molecule has 1 N–H and O–H groups in total. The van der Waals surface area contributed by atoms with Crippen LogP contribution < -0.4 is 0 Å². The minimum atomic E-state index is 0.223. The SMILES string of the molecule is Cc1nc(-c2cc(Br)c(O)c(CBr)c2)no1. The number of phenolic OH excluding ortho intramolecular Hbond substituents is 1. The maximum absolute atomic E-state index is 9.73. The molecule has 0 fully saturated rings. The third-order valence-electron chi connectivity index (χ3n) is 2.07. The zero-order chi connectivity index (χ0) is 11.7. The molecule has 84 valence electrons. The van der Waals surface area contributed by atoms with Crippen molar-refractivity contribution in [1.29, 1.82) is 0 Å². The molecule has 0 saturated heterocycles. The molecule has 0 amide bonds. The second kappa shape index (κ2) is 4.55. The van der Waals surface area contributed by atoms with Gasteiger partial charge in [0.15, 0.2) is 0 Å². The van der Waals surface area contributed by atoms with Crippen LogP contribution in [0.25, 0.3) is 11.4 Å². The first-order chi connectivity index (χ1) is 7.61. The van der Waals surface area contributed by atoms with E-state index in [2.05, 4.69) is 42.0 Å². The minimum Gasteiger partial charge on any atom is -0.506 e. The van der Waals surface area contributed by atoms with Crippen molar-refractivity contribution in [2.75, 3.05) is 0 Å². The normalized spacial score (nSPS) is 10.7. The van der Waals surface area contributed by atoms with Gasteiger partial charge in [-0.25, -0.2) is 0 Å². The van der Waals surface area contributed by atoms with E-state index in [9.17, 15) is 5.11 Å². The number of alkyl halides is 1. The highest BCUT2D eigenvalue weighted by molar-refractivity contribution is 9.10. The number of hydrogen-bond donors (Lipinski definition) is 1. The molecule has 4 nitrogen and oxygen atoms in total. The van der Waals surface area contributed by atoms with E-state index in [1.165, 1.54) is 0 Å². The maximum Gasteiger partial charge on any atom is 0.223 e. The third-order valence-corrected chi connectivity index (χ3v) is 3.28. The predicted molar refractivity (Wildman–Crippen MR) is 66.5 cm³/mol. The fourth-order valence-electron chi connectivity index (χ4n) is 1.30. The van der Waals surface area contributed by atoms with Gasteiger partial charge in [-0.3, -0.25) is 0 Å². The predicted octanol–water partition coefficient (Wildman–Crippen LogP) is 3.41. The van der Waals surface area contributed by atoms with Gasteiger partial charge in [-0.15, -0.1) is 0 Å². The fourth-order valence-corrected chi connectivity index (χ4v) is 2.23. The Morgan fingerprint density at radius 2 is 2.19 bits per heavy atom. The van der Waals surface area contributed by atoms with Crippen molar-refractivity contribution in [2.24, 2.45) is 0 Å². The molecule has 0 aliphatic heterocycles. The summed E-state index contributed by atoms with van der Waals surface area (Å²) in [6.07, 6.45) is 0. The van der Waals surface area contributed by atoms with Crippen LogP contribution in [0.2, 0.25) is 0 Å². The number of hydrogen-bond acceptors (Lipinski definition) is 4. The smallest absolute Gasteiger partial charge is 0.223 e. The summed E-state index contributed by atoms with van der Waals surface area (Å²) in [5.74, 6) is 1.25. The van der Waals surface area contributed by atoms with Gasteiger partial charge in [0.25, 0.3) is 0 Å². The second-order valence-electron chi connectivity index (χ2n) is 3.24. The quantitative estimate of drug-likeness (QED) is 0.846. The molecule has 0 unspecified atom stereocenters. The van der Waals surface area contributed by atoms with Crippen LogP contribution in [-0.4, -0.2) is 15.2 Å². The first kappa shape index (κ1) is 11.6. The molecule has 0 radical (unpaired) electrons. The number of aromatic nitrogens is 2. The molecule has 16 heavy (non-hydrogen) atoms. The fraction of sp³-hybridized carbons (Fsp3) is 0.200. The zero-order valence-electron chi connectivity index (χ0n) is 8.37. The van der Waals surface area contributed by atoms with Crippen LogP contribution in [0, 0.1) is 6.92 Å².